The van der Waals surface area contributed by atoms with E-state index in [1.54, 1.807) is 49.4 Å². The molecule has 0 spiro atoms. The van der Waals surface area contributed by atoms with E-state index in [1.165, 1.54) is 6.07 Å². The lowest BCUT2D eigenvalue weighted by Crippen LogP contribution is -2.32. The first-order chi connectivity index (χ1) is 17.5. The molecule has 0 saturated carbocycles. The Kier molecular flexibility index (Phi) is 7.52. The minimum Gasteiger partial charge on any atom is -0.491 e. The fourth-order valence-corrected chi connectivity index (χ4v) is 3.98. The predicted molar refractivity (Wildman–Crippen MR) is 142 cm³/mol. The minimum atomic E-state index is -0.784. The molecule has 190 valence electrons. The van der Waals surface area contributed by atoms with Crippen molar-refractivity contribution in [2.75, 3.05) is 15.5 Å². The summed E-state index contributed by atoms with van der Waals surface area (Å²) in [5, 5.41) is 5.10. The maximum Gasteiger partial charge on any atom is 0.283 e. The van der Waals surface area contributed by atoms with Crippen molar-refractivity contribution in [1.29, 1.82) is 0 Å². The van der Waals surface area contributed by atoms with E-state index in [1.807, 2.05) is 13.8 Å². The SMILES string of the molecule is Cc1ccc(C(=O)Nc2ccc(OC(C)C)cc2)cc1NC1=C(Cl)C(=O)N(c2ccc(F)c(Cl)c2)C1=O. The summed E-state index contributed by atoms with van der Waals surface area (Å²) in [6.45, 7) is 5.62. The standard InChI is InChI=1S/C27H22Cl2FN3O4/c1-14(2)37-19-9-6-17(7-10-19)31-25(34)16-5-4-15(3)22(12-16)32-24-23(29)26(35)33(27(24)36)18-8-11-21(30)20(28)13-18/h4-14,32H,1-3H3,(H,31,34). The van der Waals surface area contributed by atoms with E-state index < -0.39 is 17.6 Å². The van der Waals surface area contributed by atoms with Gasteiger partial charge >= 0.3 is 0 Å². The summed E-state index contributed by atoms with van der Waals surface area (Å²) >= 11 is 12.0. The summed E-state index contributed by atoms with van der Waals surface area (Å²) in [5.74, 6) is -1.90. The van der Waals surface area contributed by atoms with E-state index in [0.717, 1.165) is 17.0 Å². The van der Waals surface area contributed by atoms with Crippen molar-refractivity contribution >= 4 is 58.0 Å². The normalized spacial score (nSPS) is 13.4. The number of aryl methyl sites for hydroxylation is 1. The number of benzene rings is 3. The summed E-state index contributed by atoms with van der Waals surface area (Å²) in [6, 6.07) is 15.3. The molecule has 0 atom stereocenters. The van der Waals surface area contributed by atoms with Crippen LogP contribution in [-0.4, -0.2) is 23.8 Å². The summed E-state index contributed by atoms with van der Waals surface area (Å²) in [4.78, 5) is 39.5. The average Bonchev–Trinajstić information content (AvgIpc) is 3.06. The lowest BCUT2D eigenvalue weighted by atomic mass is 10.1. The number of amides is 3. The van der Waals surface area contributed by atoms with Gasteiger partial charge in [0, 0.05) is 16.9 Å². The van der Waals surface area contributed by atoms with Gasteiger partial charge < -0.3 is 15.4 Å². The molecule has 3 aromatic rings. The van der Waals surface area contributed by atoms with Crippen LogP contribution in [0.15, 0.2) is 71.4 Å². The topological polar surface area (TPSA) is 87.7 Å². The van der Waals surface area contributed by atoms with Gasteiger partial charge in [-0.2, -0.15) is 0 Å². The number of hydrogen-bond donors (Lipinski definition) is 2. The van der Waals surface area contributed by atoms with Gasteiger partial charge in [0.05, 0.1) is 16.8 Å². The van der Waals surface area contributed by atoms with E-state index in [0.29, 0.717) is 28.3 Å². The molecule has 7 nitrogen and oxygen atoms in total. The second kappa shape index (κ2) is 10.6. The zero-order valence-electron chi connectivity index (χ0n) is 20.1. The molecule has 4 rings (SSSR count). The molecule has 0 fully saturated rings. The zero-order chi connectivity index (χ0) is 26.9. The van der Waals surface area contributed by atoms with Crippen LogP contribution in [0.1, 0.15) is 29.8 Å². The van der Waals surface area contributed by atoms with Gasteiger partial charge in [0.2, 0.25) is 0 Å². The van der Waals surface area contributed by atoms with Crippen molar-refractivity contribution in [3.05, 3.63) is 93.4 Å². The first kappa shape index (κ1) is 26.2. The third-order valence-electron chi connectivity index (χ3n) is 5.43. The zero-order valence-corrected chi connectivity index (χ0v) is 21.6. The number of imide groups is 1. The van der Waals surface area contributed by atoms with Crippen molar-refractivity contribution in [1.82, 2.24) is 0 Å². The summed E-state index contributed by atoms with van der Waals surface area (Å²) in [6.07, 6.45) is 0.0325. The minimum absolute atomic E-state index is 0.0325. The molecule has 0 unspecified atom stereocenters. The highest BCUT2D eigenvalue weighted by molar-refractivity contribution is 6.53. The van der Waals surface area contributed by atoms with Crippen LogP contribution in [0.25, 0.3) is 0 Å². The largest absolute Gasteiger partial charge is 0.491 e. The smallest absolute Gasteiger partial charge is 0.283 e. The Morgan fingerprint density at radius 3 is 2.32 bits per heavy atom. The first-order valence-electron chi connectivity index (χ1n) is 11.2. The summed E-state index contributed by atoms with van der Waals surface area (Å²) in [5.41, 5.74) is 1.90. The van der Waals surface area contributed by atoms with E-state index in [4.69, 9.17) is 27.9 Å². The predicted octanol–water partition coefficient (Wildman–Crippen LogP) is 6.26. The van der Waals surface area contributed by atoms with Gasteiger partial charge in [0.1, 0.15) is 22.3 Å². The van der Waals surface area contributed by atoms with E-state index >= 15 is 0 Å². The molecule has 0 aromatic heterocycles. The number of nitrogens with zero attached hydrogens (tertiary/aromatic N) is 1. The van der Waals surface area contributed by atoms with Gasteiger partial charge in [-0.3, -0.25) is 14.4 Å². The molecular weight excluding hydrogens is 520 g/mol. The number of halogens is 3. The Morgan fingerprint density at radius 1 is 0.973 bits per heavy atom. The molecule has 1 aliphatic rings. The highest BCUT2D eigenvalue weighted by Gasteiger charge is 2.39. The highest BCUT2D eigenvalue weighted by Crippen LogP contribution is 2.33. The number of ether oxygens (including phenoxy) is 1. The van der Waals surface area contributed by atoms with Crippen molar-refractivity contribution in [2.45, 2.75) is 26.9 Å². The Labute approximate surface area is 222 Å². The van der Waals surface area contributed by atoms with Crippen molar-refractivity contribution in [3.8, 4) is 5.75 Å². The van der Waals surface area contributed by atoms with Gasteiger partial charge in [-0.1, -0.05) is 29.3 Å². The van der Waals surface area contributed by atoms with Crippen LogP contribution in [0.3, 0.4) is 0 Å². The van der Waals surface area contributed by atoms with Crippen LogP contribution in [0.5, 0.6) is 5.75 Å². The van der Waals surface area contributed by atoms with Gasteiger partial charge in [0.25, 0.3) is 17.7 Å². The fraction of sp³-hybridized carbons (Fsp3) is 0.148. The van der Waals surface area contributed by atoms with E-state index in [-0.39, 0.29) is 33.5 Å². The van der Waals surface area contributed by atoms with Crippen molar-refractivity contribution in [3.63, 3.8) is 0 Å². The molecule has 0 bridgehead atoms. The monoisotopic (exact) mass is 541 g/mol. The lowest BCUT2D eigenvalue weighted by molar-refractivity contribution is -0.120. The summed E-state index contributed by atoms with van der Waals surface area (Å²) in [7, 11) is 0. The Morgan fingerprint density at radius 2 is 1.68 bits per heavy atom. The molecule has 1 aliphatic heterocycles. The summed E-state index contributed by atoms with van der Waals surface area (Å²) < 4.78 is 19.2. The van der Waals surface area contributed by atoms with Gasteiger partial charge in [-0.15, -0.1) is 0 Å². The number of carbonyl (C=O) groups is 3. The fourth-order valence-electron chi connectivity index (χ4n) is 3.59. The Hall–Kier alpha value is -3.88. The molecule has 0 radical (unpaired) electrons. The second-order valence-electron chi connectivity index (χ2n) is 8.53. The number of rotatable bonds is 7. The third-order valence-corrected chi connectivity index (χ3v) is 6.07. The van der Waals surface area contributed by atoms with Crippen molar-refractivity contribution in [2.24, 2.45) is 0 Å². The van der Waals surface area contributed by atoms with Gasteiger partial charge in [-0.25, -0.2) is 9.29 Å². The van der Waals surface area contributed by atoms with E-state index in [9.17, 15) is 18.8 Å². The maximum atomic E-state index is 13.6. The highest BCUT2D eigenvalue weighted by atomic mass is 35.5. The second-order valence-corrected chi connectivity index (χ2v) is 9.32. The lowest BCUT2D eigenvalue weighted by Gasteiger charge is -2.16. The molecule has 2 N–H and O–H groups in total. The van der Waals surface area contributed by atoms with E-state index in [2.05, 4.69) is 10.6 Å². The molecule has 37 heavy (non-hydrogen) atoms. The van der Waals surface area contributed by atoms with Crippen LogP contribution in [-0.2, 0) is 9.59 Å². The number of hydrogen-bond acceptors (Lipinski definition) is 5. The Balaban J connectivity index is 1.53. The average molecular weight is 542 g/mol. The number of nitrogens with one attached hydrogen (secondary N) is 2. The van der Waals surface area contributed by atoms with Gasteiger partial charge in [0.15, 0.2) is 0 Å². The van der Waals surface area contributed by atoms with Crippen LogP contribution < -0.4 is 20.3 Å². The molecule has 0 aliphatic carbocycles. The van der Waals surface area contributed by atoms with Crippen LogP contribution in [0.2, 0.25) is 5.02 Å². The van der Waals surface area contributed by atoms with Crippen LogP contribution >= 0.6 is 23.2 Å². The molecular formula is C27H22Cl2FN3O4. The molecule has 3 aromatic carbocycles. The van der Waals surface area contributed by atoms with Crippen molar-refractivity contribution < 1.29 is 23.5 Å². The maximum absolute atomic E-state index is 13.6. The Bertz CT molecular complexity index is 1440. The number of anilines is 3. The quantitative estimate of drug-likeness (QED) is 0.344. The van der Waals surface area contributed by atoms with Crippen LogP contribution in [0, 0.1) is 12.7 Å². The molecule has 3 amide bonds. The molecule has 0 saturated heterocycles. The van der Waals surface area contributed by atoms with Gasteiger partial charge in [-0.05, 0) is 80.9 Å². The molecule has 10 heteroatoms. The third kappa shape index (κ3) is 5.60. The van der Waals surface area contributed by atoms with Crippen LogP contribution in [0.4, 0.5) is 21.5 Å². The molecule has 1 heterocycles. The first-order valence-corrected chi connectivity index (χ1v) is 12.0. The number of carbonyl (C=O) groups excluding carboxylic acids is 3.